The van der Waals surface area contributed by atoms with Crippen molar-refractivity contribution in [1.82, 2.24) is 0 Å². The fraction of sp³-hybridized carbons (Fsp3) is 0.133. The molecule has 4 aromatic rings. The van der Waals surface area contributed by atoms with Crippen LogP contribution < -0.4 is 46.6 Å². The number of carbonyl (C=O) groups is 1. The third-order valence-electron chi connectivity index (χ3n) is 5.21. The van der Waals surface area contributed by atoms with Crippen LogP contribution in [0.4, 0.5) is 17.1 Å². The number of anilines is 3. The van der Waals surface area contributed by atoms with E-state index in [2.05, 4.69) is 0 Å². The van der Waals surface area contributed by atoms with Crippen LogP contribution in [0.15, 0.2) is 66.7 Å². The Kier molecular flexibility index (Phi) is 14.9. The van der Waals surface area contributed by atoms with Crippen molar-refractivity contribution >= 4 is 69.4 Å². The number of nitrogens with zero attached hydrogens (tertiary/aromatic N) is 1. The van der Waals surface area contributed by atoms with Gasteiger partial charge in [-0.3, -0.25) is 4.79 Å². The topological polar surface area (TPSA) is 191 Å². The van der Waals surface area contributed by atoms with Crippen molar-refractivity contribution in [3.63, 3.8) is 0 Å². The molecule has 15 heteroatoms. The van der Waals surface area contributed by atoms with Gasteiger partial charge in [0.2, 0.25) is 0 Å². The van der Waals surface area contributed by atoms with Crippen molar-refractivity contribution in [1.29, 1.82) is 5.26 Å². The molecule has 0 radical (unpaired) electrons. The zero-order valence-electron chi connectivity index (χ0n) is 24.0. The van der Waals surface area contributed by atoms with E-state index < -0.39 is 5.91 Å². The second-order valence-corrected chi connectivity index (χ2v) is 10.1. The number of rotatable bonds is 9. The van der Waals surface area contributed by atoms with Crippen molar-refractivity contribution in [2.75, 3.05) is 44.6 Å². The highest BCUT2D eigenvalue weighted by Crippen LogP contribution is 2.38. The van der Waals surface area contributed by atoms with Gasteiger partial charge in [0.1, 0.15) is 34.8 Å². The summed E-state index contributed by atoms with van der Waals surface area (Å²) in [4.78, 5) is 10.5. The first-order valence-electron chi connectivity index (χ1n) is 12.5. The van der Waals surface area contributed by atoms with Crippen molar-refractivity contribution in [2.45, 2.75) is 0 Å². The minimum atomic E-state index is -0.582. The number of nitrogen functional groups attached to an aromatic ring is 3. The van der Waals surface area contributed by atoms with Crippen LogP contribution in [0.1, 0.15) is 0 Å². The molecule has 0 spiro atoms. The van der Waals surface area contributed by atoms with Gasteiger partial charge in [-0.25, -0.2) is 0 Å². The van der Waals surface area contributed by atoms with Gasteiger partial charge in [-0.05, 0) is 36.4 Å². The van der Waals surface area contributed by atoms with Gasteiger partial charge >= 0.3 is 0 Å². The number of ether oxygens (including phenoxy) is 5. The Morgan fingerprint density at radius 2 is 1.22 bits per heavy atom. The molecule has 8 N–H and O–H groups in total. The Hall–Kier alpha value is -4.60. The lowest BCUT2D eigenvalue weighted by atomic mass is 10.3. The fourth-order valence-corrected chi connectivity index (χ4v) is 4.25. The van der Waals surface area contributed by atoms with Gasteiger partial charge in [0.15, 0.2) is 19.0 Å². The summed E-state index contributed by atoms with van der Waals surface area (Å²) in [6, 6.07) is 20.4. The summed E-state index contributed by atoms with van der Waals surface area (Å²) in [6.45, 7) is -0.306. The largest absolute Gasteiger partial charge is 0.494 e. The number of hydrogen-bond donors (Lipinski definition) is 4. The minimum Gasteiger partial charge on any atom is -0.494 e. The summed E-state index contributed by atoms with van der Waals surface area (Å²) in [5.74, 6) is 2.11. The first-order chi connectivity index (χ1) is 21.4. The smallest absolute Gasteiger partial charge is 0.255 e. The number of carbonyl (C=O) groups excluding carboxylic acids is 1. The maximum Gasteiger partial charge on any atom is 0.255 e. The predicted molar refractivity (Wildman–Crippen MR) is 178 cm³/mol. The highest BCUT2D eigenvalue weighted by Gasteiger charge is 2.11. The van der Waals surface area contributed by atoms with Crippen LogP contribution >= 0.6 is 46.4 Å². The second-order valence-electron chi connectivity index (χ2n) is 8.48. The molecule has 238 valence electrons. The average Bonchev–Trinajstić information content (AvgIpc) is 2.99. The maximum atomic E-state index is 10.5. The third-order valence-corrected chi connectivity index (χ3v) is 6.37. The van der Waals surface area contributed by atoms with E-state index in [0.29, 0.717) is 71.6 Å². The molecule has 0 saturated heterocycles. The normalized spacial score (nSPS) is 9.71. The molecule has 0 aromatic heterocycles. The number of para-hydroxylation sites is 1. The standard InChI is InChI=1S/C12H9Cl2NO.C9H11ClN2O3.C9H9ClN2O2/c13-10-6-8(15)7-11(14)12(10)16-9-4-2-1-3-5-9;1-14-8-3-7(15-4-9(12)13)5(10)2-6(8)11;1-13-9-5-8(14-3-2-11)6(10)4-7(9)12/h1-7H,15H2;2-3H,4,11H2,1H3,(H2,12,13);4-5H,3,12H2,1H3. The molecule has 0 unspecified atom stereocenters. The second kappa shape index (κ2) is 18.3. The Morgan fingerprint density at radius 1 is 0.733 bits per heavy atom. The molecule has 45 heavy (non-hydrogen) atoms. The molecule has 0 saturated carbocycles. The predicted octanol–water partition coefficient (Wildman–Crippen LogP) is 7.00. The average molecular weight is 697 g/mol. The summed E-state index contributed by atoms with van der Waals surface area (Å²) < 4.78 is 25.6. The highest BCUT2D eigenvalue weighted by atomic mass is 35.5. The molecule has 0 atom stereocenters. The number of nitrogens with two attached hydrogens (primary N) is 4. The van der Waals surface area contributed by atoms with Crippen LogP contribution in [0.5, 0.6) is 34.5 Å². The number of primary amides is 1. The first-order valence-corrected chi connectivity index (χ1v) is 14.1. The molecule has 0 aliphatic carbocycles. The van der Waals surface area contributed by atoms with Gasteiger partial charge in [-0.15, -0.1) is 0 Å². The molecular weight excluding hydrogens is 668 g/mol. The molecule has 0 heterocycles. The summed E-state index contributed by atoms with van der Waals surface area (Å²) >= 11 is 23.6. The molecule has 1 amide bonds. The van der Waals surface area contributed by atoms with Crippen molar-refractivity contribution < 1.29 is 28.5 Å². The highest BCUT2D eigenvalue weighted by molar-refractivity contribution is 6.37. The Morgan fingerprint density at radius 3 is 1.67 bits per heavy atom. The molecule has 4 rings (SSSR count). The van der Waals surface area contributed by atoms with Gasteiger partial charge in [-0.1, -0.05) is 64.6 Å². The molecule has 0 aliphatic rings. The van der Waals surface area contributed by atoms with Crippen LogP contribution in [0.2, 0.25) is 20.1 Å². The van der Waals surface area contributed by atoms with Crippen LogP contribution in [0, 0.1) is 11.3 Å². The Balaban J connectivity index is 0.000000236. The van der Waals surface area contributed by atoms with E-state index in [-0.39, 0.29) is 13.2 Å². The van der Waals surface area contributed by atoms with Crippen LogP contribution in [0.25, 0.3) is 0 Å². The van der Waals surface area contributed by atoms with E-state index in [1.807, 2.05) is 36.4 Å². The number of nitriles is 1. The van der Waals surface area contributed by atoms with Gasteiger partial charge in [-0.2, -0.15) is 5.26 Å². The van der Waals surface area contributed by atoms with Crippen LogP contribution in [-0.4, -0.2) is 33.3 Å². The van der Waals surface area contributed by atoms with Crippen LogP contribution in [-0.2, 0) is 4.79 Å². The lowest BCUT2D eigenvalue weighted by Crippen LogP contribution is -2.20. The lowest BCUT2D eigenvalue weighted by molar-refractivity contribution is -0.119. The van der Waals surface area contributed by atoms with E-state index in [4.69, 9.17) is 98.3 Å². The fourth-order valence-electron chi connectivity index (χ4n) is 3.22. The number of hydrogen-bond acceptors (Lipinski definition) is 10. The molecule has 4 aromatic carbocycles. The van der Waals surface area contributed by atoms with Gasteiger partial charge in [0, 0.05) is 17.8 Å². The molecule has 0 aliphatic heterocycles. The number of methoxy groups -OCH3 is 2. The summed E-state index contributed by atoms with van der Waals surface area (Å²) in [7, 11) is 2.96. The zero-order valence-corrected chi connectivity index (χ0v) is 27.0. The Labute approximate surface area is 279 Å². The van der Waals surface area contributed by atoms with Gasteiger partial charge in [0.05, 0.1) is 45.7 Å². The molecule has 11 nitrogen and oxygen atoms in total. The van der Waals surface area contributed by atoms with Gasteiger partial charge < -0.3 is 46.6 Å². The molecular formula is C30H29Cl4N5O6. The van der Waals surface area contributed by atoms with E-state index in [1.54, 1.807) is 18.2 Å². The number of amides is 1. The van der Waals surface area contributed by atoms with Gasteiger partial charge in [0.25, 0.3) is 5.91 Å². The molecule has 0 bridgehead atoms. The maximum absolute atomic E-state index is 10.5. The summed E-state index contributed by atoms with van der Waals surface area (Å²) in [6.07, 6.45) is 0. The van der Waals surface area contributed by atoms with E-state index in [9.17, 15) is 4.79 Å². The van der Waals surface area contributed by atoms with E-state index >= 15 is 0 Å². The third kappa shape index (κ3) is 11.8. The van der Waals surface area contributed by atoms with Crippen molar-refractivity contribution in [2.24, 2.45) is 5.73 Å². The van der Waals surface area contributed by atoms with E-state index in [0.717, 1.165) is 0 Å². The summed E-state index contributed by atoms with van der Waals surface area (Å²) in [5, 5.41) is 9.78. The van der Waals surface area contributed by atoms with E-state index in [1.165, 1.54) is 32.4 Å². The lowest BCUT2D eigenvalue weighted by Gasteiger charge is -2.10. The number of halogens is 4. The Bertz CT molecular complexity index is 1610. The summed E-state index contributed by atoms with van der Waals surface area (Å²) in [5.41, 5.74) is 23.1. The number of benzene rings is 4. The molecule has 0 fully saturated rings. The first kappa shape index (κ1) is 36.6. The minimum absolute atomic E-state index is 0.0627. The zero-order chi connectivity index (χ0) is 33.5. The van der Waals surface area contributed by atoms with Crippen LogP contribution in [0.3, 0.4) is 0 Å². The monoisotopic (exact) mass is 695 g/mol. The SMILES string of the molecule is COc1cc(OCC#N)c(Cl)cc1N.COc1cc(OCC(N)=O)c(Cl)cc1N.Nc1cc(Cl)c(Oc2ccccc2)c(Cl)c1. The van der Waals surface area contributed by atoms with Crippen molar-refractivity contribution in [3.05, 3.63) is 86.8 Å². The quantitative estimate of drug-likeness (QED) is 0.133. The van der Waals surface area contributed by atoms with Crippen molar-refractivity contribution in [3.8, 4) is 40.6 Å².